The molecule has 1 aliphatic rings. The molecule has 1 fully saturated rings. The van der Waals surface area contributed by atoms with Gasteiger partial charge in [0.05, 0.1) is 12.5 Å². The first-order chi connectivity index (χ1) is 13.5. The molecule has 2 atom stereocenters. The molecule has 0 radical (unpaired) electrons. The van der Waals surface area contributed by atoms with E-state index >= 15 is 0 Å². The average Bonchev–Trinajstić information content (AvgIpc) is 3.09. The van der Waals surface area contributed by atoms with Gasteiger partial charge >= 0.3 is 0 Å². The van der Waals surface area contributed by atoms with Crippen molar-refractivity contribution in [2.24, 2.45) is 0 Å². The van der Waals surface area contributed by atoms with Crippen LogP contribution in [0.3, 0.4) is 0 Å². The van der Waals surface area contributed by atoms with Crippen LogP contribution in [0.4, 0.5) is 0 Å². The van der Waals surface area contributed by atoms with E-state index in [0.29, 0.717) is 5.02 Å². The number of likely N-dealkylation sites (tertiary alicyclic amines) is 1. The Morgan fingerprint density at radius 1 is 1.14 bits per heavy atom. The van der Waals surface area contributed by atoms with E-state index < -0.39 is 0 Å². The second-order valence-corrected chi connectivity index (χ2v) is 7.72. The summed E-state index contributed by atoms with van der Waals surface area (Å²) in [5, 5.41) is 6.61. The monoisotopic (exact) mass is 399 g/mol. The maximum absolute atomic E-state index is 12.6. The molecule has 6 heteroatoms. The first-order valence-electron chi connectivity index (χ1n) is 9.58. The van der Waals surface area contributed by atoms with Crippen molar-refractivity contribution in [3.63, 3.8) is 0 Å². The quantitative estimate of drug-likeness (QED) is 0.751. The number of halogens is 1. The molecular weight excluding hydrogens is 374 g/mol. The number of benzene rings is 2. The predicted octanol–water partition coefficient (Wildman–Crippen LogP) is 3.30. The second kappa shape index (κ2) is 9.71. The number of hydrogen-bond acceptors (Lipinski definition) is 3. The summed E-state index contributed by atoms with van der Waals surface area (Å²) in [6.45, 7) is 4.16. The van der Waals surface area contributed by atoms with Crippen LogP contribution < -0.4 is 10.6 Å². The highest BCUT2D eigenvalue weighted by Crippen LogP contribution is 2.20. The number of nitrogens with one attached hydrogen (secondary N) is 2. The van der Waals surface area contributed by atoms with E-state index in [-0.39, 0.29) is 30.3 Å². The zero-order chi connectivity index (χ0) is 19.9. The Morgan fingerprint density at radius 2 is 1.86 bits per heavy atom. The molecule has 5 nitrogen and oxygen atoms in total. The van der Waals surface area contributed by atoms with Crippen molar-refractivity contribution < 1.29 is 9.59 Å². The van der Waals surface area contributed by atoms with Crippen molar-refractivity contribution in [2.75, 3.05) is 13.1 Å². The largest absolute Gasteiger partial charge is 0.352 e. The lowest BCUT2D eigenvalue weighted by atomic mass is 10.0. The SMILES string of the molecule is CC(=O)NC(CC(=O)NC1CCN(Cc2ccccc2)C1)c1ccc(Cl)cc1. The molecule has 1 heterocycles. The molecule has 3 rings (SSSR count). The second-order valence-electron chi connectivity index (χ2n) is 7.28. The summed E-state index contributed by atoms with van der Waals surface area (Å²) in [5.41, 5.74) is 2.15. The fourth-order valence-electron chi connectivity index (χ4n) is 3.60. The molecule has 0 aromatic heterocycles. The summed E-state index contributed by atoms with van der Waals surface area (Å²) < 4.78 is 0. The van der Waals surface area contributed by atoms with Crippen molar-refractivity contribution in [1.29, 1.82) is 0 Å². The van der Waals surface area contributed by atoms with E-state index in [2.05, 4.69) is 27.7 Å². The molecule has 28 heavy (non-hydrogen) atoms. The maximum atomic E-state index is 12.6. The average molecular weight is 400 g/mol. The van der Waals surface area contributed by atoms with Crippen LogP contribution in [-0.2, 0) is 16.1 Å². The zero-order valence-electron chi connectivity index (χ0n) is 16.0. The van der Waals surface area contributed by atoms with E-state index in [1.54, 1.807) is 12.1 Å². The Kier molecular flexibility index (Phi) is 7.06. The van der Waals surface area contributed by atoms with Gasteiger partial charge in [-0.3, -0.25) is 14.5 Å². The molecular formula is C22H26ClN3O2. The van der Waals surface area contributed by atoms with Gasteiger partial charge in [0, 0.05) is 37.6 Å². The van der Waals surface area contributed by atoms with Crippen molar-refractivity contribution in [2.45, 2.75) is 38.4 Å². The van der Waals surface area contributed by atoms with Crippen LogP contribution in [0.25, 0.3) is 0 Å². The van der Waals surface area contributed by atoms with E-state index in [9.17, 15) is 9.59 Å². The van der Waals surface area contributed by atoms with Gasteiger partial charge in [-0.05, 0) is 29.7 Å². The highest BCUT2D eigenvalue weighted by atomic mass is 35.5. The summed E-state index contributed by atoms with van der Waals surface area (Å²) in [5.74, 6) is -0.220. The minimum absolute atomic E-state index is 0.0553. The molecule has 2 aromatic carbocycles. The molecule has 148 valence electrons. The van der Waals surface area contributed by atoms with Crippen molar-refractivity contribution >= 4 is 23.4 Å². The summed E-state index contributed by atoms with van der Waals surface area (Å²) in [6, 6.07) is 17.3. The lowest BCUT2D eigenvalue weighted by Gasteiger charge is -2.20. The summed E-state index contributed by atoms with van der Waals surface area (Å²) in [7, 11) is 0. The van der Waals surface area contributed by atoms with E-state index in [0.717, 1.165) is 31.6 Å². The van der Waals surface area contributed by atoms with Crippen LogP contribution in [0.2, 0.25) is 5.02 Å². The number of nitrogens with zero attached hydrogens (tertiary/aromatic N) is 1. The molecule has 0 aliphatic carbocycles. The van der Waals surface area contributed by atoms with E-state index in [4.69, 9.17) is 11.6 Å². The maximum Gasteiger partial charge on any atom is 0.222 e. The van der Waals surface area contributed by atoms with Crippen molar-refractivity contribution in [3.05, 3.63) is 70.7 Å². The molecule has 2 aromatic rings. The number of carbonyl (C=O) groups excluding carboxylic acids is 2. The Morgan fingerprint density at radius 3 is 2.54 bits per heavy atom. The third-order valence-electron chi connectivity index (χ3n) is 4.93. The Bertz CT molecular complexity index is 795. The third-order valence-corrected chi connectivity index (χ3v) is 5.18. The number of rotatable bonds is 7. The molecule has 0 bridgehead atoms. The summed E-state index contributed by atoms with van der Waals surface area (Å²) in [6.07, 6.45) is 1.14. The number of carbonyl (C=O) groups is 2. The van der Waals surface area contributed by atoms with Gasteiger partial charge in [-0.15, -0.1) is 0 Å². The van der Waals surface area contributed by atoms with Gasteiger partial charge in [-0.1, -0.05) is 54.1 Å². The Balaban J connectivity index is 1.53. The molecule has 0 saturated carbocycles. The number of amides is 2. The van der Waals surface area contributed by atoms with Gasteiger partial charge in [0.1, 0.15) is 0 Å². The smallest absolute Gasteiger partial charge is 0.222 e. The molecule has 2 unspecified atom stereocenters. The molecule has 1 saturated heterocycles. The van der Waals surface area contributed by atoms with Crippen LogP contribution >= 0.6 is 11.6 Å². The first kappa shape index (κ1) is 20.4. The Hall–Kier alpha value is -2.37. The van der Waals surface area contributed by atoms with Gasteiger partial charge < -0.3 is 10.6 Å². The lowest BCUT2D eigenvalue weighted by molar-refractivity contribution is -0.123. The van der Waals surface area contributed by atoms with Gasteiger partial charge in [0.15, 0.2) is 0 Å². The van der Waals surface area contributed by atoms with Gasteiger partial charge in [0.2, 0.25) is 11.8 Å². The van der Waals surface area contributed by atoms with Gasteiger partial charge in [-0.25, -0.2) is 0 Å². The minimum atomic E-state index is -0.364. The third kappa shape index (κ3) is 6.08. The highest BCUT2D eigenvalue weighted by molar-refractivity contribution is 6.30. The van der Waals surface area contributed by atoms with Crippen LogP contribution in [0.5, 0.6) is 0 Å². The molecule has 0 spiro atoms. The summed E-state index contributed by atoms with van der Waals surface area (Å²) in [4.78, 5) is 26.5. The van der Waals surface area contributed by atoms with Crippen LogP contribution in [0.1, 0.15) is 36.9 Å². The van der Waals surface area contributed by atoms with Crippen molar-refractivity contribution in [3.8, 4) is 0 Å². The number of hydrogen-bond donors (Lipinski definition) is 2. The topological polar surface area (TPSA) is 61.4 Å². The summed E-state index contributed by atoms with van der Waals surface area (Å²) >= 11 is 5.94. The predicted molar refractivity (Wildman–Crippen MR) is 111 cm³/mol. The molecule has 1 aliphatic heterocycles. The van der Waals surface area contributed by atoms with E-state index in [1.165, 1.54) is 12.5 Å². The lowest BCUT2D eigenvalue weighted by Crippen LogP contribution is -2.39. The van der Waals surface area contributed by atoms with Crippen LogP contribution in [-0.4, -0.2) is 35.8 Å². The Labute approximate surface area is 171 Å². The van der Waals surface area contributed by atoms with Crippen molar-refractivity contribution in [1.82, 2.24) is 15.5 Å². The van der Waals surface area contributed by atoms with Crippen LogP contribution in [0, 0.1) is 0 Å². The normalized spacial score (nSPS) is 17.9. The van der Waals surface area contributed by atoms with Crippen LogP contribution in [0.15, 0.2) is 54.6 Å². The van der Waals surface area contributed by atoms with Gasteiger partial charge in [-0.2, -0.15) is 0 Å². The van der Waals surface area contributed by atoms with Gasteiger partial charge in [0.25, 0.3) is 0 Å². The molecule has 2 amide bonds. The molecule has 2 N–H and O–H groups in total. The standard InChI is InChI=1S/C22H26ClN3O2/c1-16(27)24-21(18-7-9-19(23)10-8-18)13-22(28)25-20-11-12-26(15-20)14-17-5-3-2-4-6-17/h2-10,20-21H,11-15H2,1H3,(H,24,27)(H,25,28). The fraction of sp³-hybridized carbons (Fsp3) is 0.364. The highest BCUT2D eigenvalue weighted by Gasteiger charge is 2.25. The minimum Gasteiger partial charge on any atom is -0.352 e. The zero-order valence-corrected chi connectivity index (χ0v) is 16.8. The first-order valence-corrected chi connectivity index (χ1v) is 9.95. The fourth-order valence-corrected chi connectivity index (χ4v) is 3.73. The van der Waals surface area contributed by atoms with E-state index in [1.807, 2.05) is 30.3 Å².